The Kier molecular flexibility index (Phi) is 16.0. The summed E-state index contributed by atoms with van der Waals surface area (Å²) < 4.78 is 14.8. The predicted octanol–water partition coefficient (Wildman–Crippen LogP) is -0.474. The SMILES string of the molecule is C.CO[Si](CCl)(OC)OC.OC(O)O. The first kappa shape index (κ1) is 19.8. The fraction of sp³-hybridized carbons (Fsp3) is 1.00. The van der Waals surface area contributed by atoms with Gasteiger partial charge in [-0.15, -0.1) is 11.6 Å². The van der Waals surface area contributed by atoms with Crippen LogP contribution in [0.3, 0.4) is 0 Å². The quantitative estimate of drug-likeness (QED) is 0.355. The van der Waals surface area contributed by atoms with Crippen molar-refractivity contribution >= 4 is 20.4 Å². The number of aliphatic hydroxyl groups is 3. The Morgan fingerprint density at radius 1 is 1.07 bits per heavy atom. The monoisotopic (exact) mass is 250 g/mol. The standard InChI is InChI=1S/C4H11ClO3Si.CH4O3.CH4/c1-6-9(4-5,7-2)8-3;2-1(3)4;/h4H2,1-3H3;1-4H;1H4. The van der Waals surface area contributed by atoms with Gasteiger partial charge in [-0.3, -0.25) is 0 Å². The molecule has 14 heavy (non-hydrogen) atoms. The van der Waals surface area contributed by atoms with Crippen LogP contribution in [0.2, 0.25) is 0 Å². The maximum atomic E-state index is 7.17. The summed E-state index contributed by atoms with van der Waals surface area (Å²) in [5.41, 5.74) is 0.288. The Morgan fingerprint density at radius 2 is 1.29 bits per heavy atom. The minimum absolute atomic E-state index is 0. The first-order valence-electron chi connectivity index (χ1n) is 3.23. The lowest BCUT2D eigenvalue weighted by Crippen LogP contribution is -2.45. The Labute approximate surface area is 90.4 Å². The minimum atomic E-state index is -2.43. The van der Waals surface area contributed by atoms with Gasteiger partial charge in [0.2, 0.25) is 0 Å². The second kappa shape index (κ2) is 11.3. The number of hydrogen-bond acceptors (Lipinski definition) is 6. The van der Waals surface area contributed by atoms with Crippen molar-refractivity contribution in [2.24, 2.45) is 0 Å². The fourth-order valence-corrected chi connectivity index (χ4v) is 2.22. The van der Waals surface area contributed by atoms with Crippen LogP contribution < -0.4 is 0 Å². The summed E-state index contributed by atoms with van der Waals surface area (Å²) >= 11 is 5.51. The van der Waals surface area contributed by atoms with Gasteiger partial charge in [0.1, 0.15) is 0 Å². The van der Waals surface area contributed by atoms with E-state index in [-0.39, 0.29) is 12.9 Å². The predicted molar refractivity (Wildman–Crippen MR) is 54.7 cm³/mol. The summed E-state index contributed by atoms with van der Waals surface area (Å²) in [6, 6.07) is 0. The molecule has 3 N–H and O–H groups in total. The molecule has 8 heteroatoms. The third kappa shape index (κ3) is 10.3. The molecule has 0 atom stereocenters. The van der Waals surface area contributed by atoms with E-state index in [2.05, 4.69) is 0 Å². The first-order chi connectivity index (χ1) is 5.97. The molecule has 0 aliphatic carbocycles. The second-order valence-corrected chi connectivity index (χ2v) is 5.44. The molecular formula is C6H19ClO6Si. The Morgan fingerprint density at radius 3 is 1.29 bits per heavy atom. The topological polar surface area (TPSA) is 88.4 Å². The molecule has 90 valence electrons. The first-order valence-corrected chi connectivity index (χ1v) is 5.70. The molecular weight excluding hydrogens is 232 g/mol. The molecule has 0 aromatic rings. The summed E-state index contributed by atoms with van der Waals surface area (Å²) in [4.78, 5) is 0. The third-order valence-electron chi connectivity index (χ3n) is 1.10. The zero-order valence-corrected chi connectivity index (χ0v) is 9.48. The van der Waals surface area contributed by atoms with Crippen molar-refractivity contribution in [1.82, 2.24) is 0 Å². The van der Waals surface area contributed by atoms with Crippen molar-refractivity contribution in [3.05, 3.63) is 0 Å². The molecule has 0 bridgehead atoms. The zero-order valence-electron chi connectivity index (χ0n) is 7.73. The second-order valence-electron chi connectivity index (χ2n) is 1.78. The van der Waals surface area contributed by atoms with Gasteiger partial charge in [-0.05, 0) is 0 Å². The van der Waals surface area contributed by atoms with Crippen molar-refractivity contribution in [3.63, 3.8) is 0 Å². The minimum Gasteiger partial charge on any atom is -0.376 e. The summed E-state index contributed by atoms with van der Waals surface area (Å²) in [5, 5.41) is 21.5. The molecule has 0 aliphatic rings. The third-order valence-corrected chi connectivity index (χ3v) is 4.27. The number of hydrogen-bond donors (Lipinski definition) is 3. The van der Waals surface area contributed by atoms with Gasteiger partial charge in [-0.1, -0.05) is 7.43 Å². The van der Waals surface area contributed by atoms with Crippen molar-refractivity contribution in [2.45, 2.75) is 13.9 Å². The van der Waals surface area contributed by atoms with E-state index >= 15 is 0 Å². The highest BCUT2D eigenvalue weighted by Gasteiger charge is 2.36. The van der Waals surface area contributed by atoms with Crippen LogP contribution in [-0.4, -0.2) is 57.4 Å². The highest BCUT2D eigenvalue weighted by molar-refractivity contribution is 6.68. The Bertz CT molecular complexity index is 90.2. The van der Waals surface area contributed by atoms with Crippen LogP contribution in [0.4, 0.5) is 0 Å². The molecule has 0 saturated heterocycles. The van der Waals surface area contributed by atoms with Gasteiger partial charge in [0.05, 0.1) is 5.50 Å². The highest BCUT2D eigenvalue weighted by Crippen LogP contribution is 2.06. The normalized spacial score (nSPS) is 10.3. The molecule has 0 aromatic heterocycles. The Balaban J connectivity index is -0.000000209. The molecule has 0 aromatic carbocycles. The Hall–Kier alpha value is 0.267. The van der Waals surface area contributed by atoms with Crippen molar-refractivity contribution in [3.8, 4) is 0 Å². The largest absolute Gasteiger partial charge is 0.515 e. The van der Waals surface area contributed by atoms with E-state index in [9.17, 15) is 0 Å². The van der Waals surface area contributed by atoms with Gasteiger partial charge < -0.3 is 28.6 Å². The van der Waals surface area contributed by atoms with Crippen molar-refractivity contribution < 1.29 is 28.6 Å². The van der Waals surface area contributed by atoms with E-state index < -0.39 is 15.3 Å². The lowest BCUT2D eigenvalue weighted by molar-refractivity contribution is -0.198. The lowest BCUT2D eigenvalue weighted by Gasteiger charge is -2.20. The maximum absolute atomic E-state index is 7.17. The van der Waals surface area contributed by atoms with Crippen LogP contribution in [0.5, 0.6) is 0 Å². The molecule has 0 fully saturated rings. The van der Waals surface area contributed by atoms with Crippen LogP contribution >= 0.6 is 11.6 Å². The molecule has 0 spiro atoms. The van der Waals surface area contributed by atoms with Crippen LogP contribution in [0.25, 0.3) is 0 Å². The highest BCUT2D eigenvalue weighted by atomic mass is 35.5. The number of halogens is 1. The molecule has 0 radical (unpaired) electrons. The summed E-state index contributed by atoms with van der Waals surface area (Å²) in [7, 11) is 2.16. The average molecular weight is 251 g/mol. The van der Waals surface area contributed by atoms with E-state index in [4.69, 9.17) is 40.2 Å². The molecule has 0 amide bonds. The number of alkyl halides is 1. The van der Waals surface area contributed by atoms with Gasteiger partial charge in [-0.25, -0.2) is 0 Å². The van der Waals surface area contributed by atoms with E-state index in [1.807, 2.05) is 0 Å². The molecule has 0 unspecified atom stereocenters. The maximum Gasteiger partial charge on any atom is 0.515 e. The molecule has 6 nitrogen and oxygen atoms in total. The number of aliphatic hydroxyl groups excluding tert-OH is 1. The molecule has 0 heterocycles. The summed E-state index contributed by atoms with van der Waals surface area (Å²) in [5.74, 6) is 0. The lowest BCUT2D eigenvalue weighted by atomic mass is 11.4. The average Bonchev–Trinajstić information content (AvgIpc) is 2.09. The van der Waals surface area contributed by atoms with Crippen molar-refractivity contribution in [1.29, 1.82) is 0 Å². The van der Waals surface area contributed by atoms with Gasteiger partial charge >= 0.3 is 8.80 Å². The van der Waals surface area contributed by atoms with Crippen LogP contribution in [0, 0.1) is 0 Å². The fourth-order valence-electron chi connectivity index (χ4n) is 0.414. The van der Waals surface area contributed by atoms with Crippen LogP contribution in [0.15, 0.2) is 0 Å². The van der Waals surface area contributed by atoms with Crippen LogP contribution in [0.1, 0.15) is 7.43 Å². The smallest absolute Gasteiger partial charge is 0.376 e. The summed E-state index contributed by atoms with van der Waals surface area (Å²) in [6.45, 7) is -2.17. The van der Waals surface area contributed by atoms with Gasteiger partial charge in [0, 0.05) is 21.3 Å². The van der Waals surface area contributed by atoms with E-state index in [1.165, 1.54) is 21.3 Å². The van der Waals surface area contributed by atoms with E-state index in [1.54, 1.807) is 0 Å². The van der Waals surface area contributed by atoms with Gasteiger partial charge in [0.15, 0.2) is 0 Å². The van der Waals surface area contributed by atoms with Gasteiger partial charge in [0.25, 0.3) is 6.48 Å². The van der Waals surface area contributed by atoms with Gasteiger partial charge in [-0.2, -0.15) is 0 Å². The van der Waals surface area contributed by atoms with E-state index in [0.717, 1.165) is 0 Å². The summed E-state index contributed by atoms with van der Waals surface area (Å²) in [6.07, 6.45) is 0. The molecule has 0 aliphatic heterocycles. The molecule has 0 rings (SSSR count). The van der Waals surface area contributed by atoms with Crippen molar-refractivity contribution in [2.75, 3.05) is 26.8 Å². The van der Waals surface area contributed by atoms with E-state index in [0.29, 0.717) is 0 Å². The van der Waals surface area contributed by atoms with Crippen LogP contribution in [-0.2, 0) is 13.3 Å². The molecule has 0 saturated carbocycles. The zero-order chi connectivity index (χ0) is 10.9. The number of rotatable bonds is 4.